The first kappa shape index (κ1) is 15.0. The lowest BCUT2D eigenvalue weighted by molar-refractivity contribution is -0.159. The first-order valence-corrected chi connectivity index (χ1v) is 5.79. The van der Waals surface area contributed by atoms with E-state index in [2.05, 4.69) is 22.9 Å². The van der Waals surface area contributed by atoms with Crippen LogP contribution in [0.3, 0.4) is 0 Å². The molecule has 1 fully saturated rings. The van der Waals surface area contributed by atoms with Crippen LogP contribution < -0.4 is 16.4 Å². The van der Waals surface area contributed by atoms with Gasteiger partial charge in [0.15, 0.2) is 0 Å². The van der Waals surface area contributed by atoms with Gasteiger partial charge in [-0.2, -0.15) is 0 Å². The van der Waals surface area contributed by atoms with Crippen LogP contribution in [-0.4, -0.2) is 52.1 Å². The lowest BCUT2D eigenvalue weighted by Gasteiger charge is -2.39. The van der Waals surface area contributed by atoms with Gasteiger partial charge in [-0.15, -0.1) is 0 Å². The van der Waals surface area contributed by atoms with E-state index in [1.165, 1.54) is 13.8 Å². The largest absolute Gasteiger partial charge is 0.392 e. The lowest BCUT2D eigenvalue weighted by Crippen LogP contribution is -2.67. The average Bonchev–Trinajstić information content (AvgIpc) is 2.30. The number of imide groups is 1. The Bertz CT molecular complexity index is 474. The maximum Gasteiger partial charge on any atom is 0.313 e. The van der Waals surface area contributed by atoms with E-state index in [4.69, 9.17) is 5.73 Å². The third kappa shape index (κ3) is 3.25. The Labute approximate surface area is 114 Å². The van der Waals surface area contributed by atoms with Gasteiger partial charge < -0.3 is 16.0 Å². The molecule has 4 amide bonds. The highest BCUT2D eigenvalue weighted by Gasteiger charge is 2.45. The van der Waals surface area contributed by atoms with Crippen molar-refractivity contribution in [2.24, 2.45) is 5.73 Å². The van der Waals surface area contributed by atoms with E-state index in [1.807, 2.05) is 0 Å². The second-order valence-electron chi connectivity index (χ2n) is 4.48. The maximum absolute atomic E-state index is 11.9. The van der Waals surface area contributed by atoms with E-state index in [9.17, 15) is 19.2 Å². The van der Waals surface area contributed by atoms with Crippen LogP contribution in [0.15, 0.2) is 0 Å². The molecule has 0 aliphatic carbocycles. The second-order valence-corrected chi connectivity index (χ2v) is 5.00. The third-order valence-electron chi connectivity index (χ3n) is 2.65. The molecule has 0 bridgehead atoms. The molecule has 9 heteroatoms. The molecule has 0 aromatic rings. The van der Waals surface area contributed by atoms with E-state index in [1.54, 1.807) is 0 Å². The minimum atomic E-state index is -1.29. The predicted molar refractivity (Wildman–Crippen MR) is 68.7 cm³/mol. The molecule has 0 saturated carbocycles. The Morgan fingerprint density at radius 3 is 2.58 bits per heavy atom. The summed E-state index contributed by atoms with van der Waals surface area (Å²) in [5.74, 6) is -3.23. The number of thiocarbonyl (C=S) groups is 1. The highest BCUT2D eigenvalue weighted by Crippen LogP contribution is 2.18. The van der Waals surface area contributed by atoms with Gasteiger partial charge in [0.25, 0.3) is 5.91 Å². The molecule has 0 aromatic carbocycles. The van der Waals surface area contributed by atoms with Gasteiger partial charge in [-0.1, -0.05) is 12.2 Å². The number of hydrogen-bond donors (Lipinski definition) is 3. The van der Waals surface area contributed by atoms with Gasteiger partial charge in [-0.05, 0) is 13.8 Å². The fourth-order valence-corrected chi connectivity index (χ4v) is 1.55. The highest BCUT2D eigenvalue weighted by atomic mass is 32.1. The number of nitrogens with one attached hydrogen (secondary N) is 2. The van der Waals surface area contributed by atoms with Crippen LogP contribution in [0.1, 0.15) is 13.8 Å². The van der Waals surface area contributed by atoms with Crippen molar-refractivity contribution in [2.75, 3.05) is 13.1 Å². The Morgan fingerprint density at radius 2 is 2.05 bits per heavy atom. The molecule has 0 spiro atoms. The molecular weight excluding hydrogens is 272 g/mol. The van der Waals surface area contributed by atoms with Gasteiger partial charge in [-0.3, -0.25) is 24.5 Å². The normalized spacial score (nSPS) is 17.7. The molecule has 1 heterocycles. The number of carbonyl (C=O) groups excluding carboxylic acids is 4. The number of carbonyl (C=O) groups is 4. The average molecular weight is 286 g/mol. The summed E-state index contributed by atoms with van der Waals surface area (Å²) in [7, 11) is 0. The van der Waals surface area contributed by atoms with Crippen LogP contribution in [0, 0.1) is 0 Å². The number of amides is 4. The quantitative estimate of drug-likeness (QED) is 0.297. The predicted octanol–water partition coefficient (Wildman–Crippen LogP) is -2.35. The molecule has 104 valence electrons. The summed E-state index contributed by atoms with van der Waals surface area (Å²) >= 11 is 4.56. The second kappa shape index (κ2) is 5.31. The highest BCUT2D eigenvalue weighted by molar-refractivity contribution is 7.80. The zero-order valence-corrected chi connectivity index (χ0v) is 11.3. The monoisotopic (exact) mass is 286 g/mol. The van der Waals surface area contributed by atoms with Crippen LogP contribution in [0.25, 0.3) is 0 Å². The van der Waals surface area contributed by atoms with E-state index >= 15 is 0 Å². The molecule has 8 nitrogen and oxygen atoms in total. The Balaban J connectivity index is 2.84. The number of nitrogens with two attached hydrogens (primary N) is 1. The van der Waals surface area contributed by atoms with E-state index < -0.39 is 29.2 Å². The van der Waals surface area contributed by atoms with Crippen LogP contribution >= 0.6 is 12.2 Å². The Hall–Kier alpha value is -2.03. The molecule has 4 N–H and O–H groups in total. The molecule has 1 aliphatic heterocycles. The maximum atomic E-state index is 11.9. The molecule has 1 saturated heterocycles. The van der Waals surface area contributed by atoms with Crippen molar-refractivity contribution in [3.63, 3.8) is 0 Å². The zero-order chi connectivity index (χ0) is 14.8. The lowest BCUT2D eigenvalue weighted by atomic mass is 9.98. The minimum Gasteiger partial charge on any atom is -0.392 e. The van der Waals surface area contributed by atoms with Crippen molar-refractivity contribution < 1.29 is 19.2 Å². The van der Waals surface area contributed by atoms with Crippen molar-refractivity contribution in [1.29, 1.82) is 0 Å². The fraction of sp³-hybridized carbons (Fsp3) is 0.500. The van der Waals surface area contributed by atoms with Gasteiger partial charge in [-0.25, -0.2) is 0 Å². The number of nitrogens with zero attached hydrogens (tertiary/aromatic N) is 1. The Morgan fingerprint density at radius 1 is 1.47 bits per heavy atom. The summed E-state index contributed by atoms with van der Waals surface area (Å²) in [6.07, 6.45) is 0. The van der Waals surface area contributed by atoms with Gasteiger partial charge >= 0.3 is 11.8 Å². The SMILES string of the molecule is CC1(C)C(=O)NC(=O)CN1C(=O)C(=O)NCC(N)=S. The summed E-state index contributed by atoms with van der Waals surface area (Å²) in [6.45, 7) is 2.38. The van der Waals surface area contributed by atoms with Crippen molar-refractivity contribution in [1.82, 2.24) is 15.5 Å². The van der Waals surface area contributed by atoms with Gasteiger partial charge in [0, 0.05) is 0 Å². The topological polar surface area (TPSA) is 122 Å². The molecule has 19 heavy (non-hydrogen) atoms. The number of piperazine rings is 1. The van der Waals surface area contributed by atoms with Crippen molar-refractivity contribution in [3.8, 4) is 0 Å². The van der Waals surface area contributed by atoms with Gasteiger partial charge in [0.05, 0.1) is 11.5 Å². The van der Waals surface area contributed by atoms with Crippen LogP contribution in [0.4, 0.5) is 0 Å². The van der Waals surface area contributed by atoms with Crippen LogP contribution in [0.2, 0.25) is 0 Å². The summed E-state index contributed by atoms with van der Waals surface area (Å²) in [5.41, 5.74) is 3.90. The van der Waals surface area contributed by atoms with Crippen molar-refractivity contribution >= 4 is 40.8 Å². The summed E-state index contributed by atoms with van der Waals surface area (Å²) in [6, 6.07) is 0. The number of hydrogen-bond acceptors (Lipinski definition) is 5. The summed E-state index contributed by atoms with van der Waals surface area (Å²) < 4.78 is 0. The molecule has 1 aliphatic rings. The molecule has 1 rings (SSSR count). The standard InChI is InChI=1S/C10H14N4O4S/c1-10(2)9(18)13-6(15)4-14(10)8(17)7(16)12-3-5(11)19/h3-4H2,1-2H3,(H2,11,19)(H,12,16)(H,13,15,18). The molecule has 0 aromatic heterocycles. The Kier molecular flexibility index (Phi) is 4.20. The molecular formula is C10H14N4O4S. The number of rotatable bonds is 2. The fourth-order valence-electron chi connectivity index (χ4n) is 1.47. The van der Waals surface area contributed by atoms with E-state index in [-0.39, 0.29) is 18.1 Å². The molecule has 0 atom stereocenters. The van der Waals surface area contributed by atoms with Gasteiger partial charge in [0.2, 0.25) is 5.91 Å². The van der Waals surface area contributed by atoms with Gasteiger partial charge in [0.1, 0.15) is 12.1 Å². The minimum absolute atomic E-state index is 0.0212. The van der Waals surface area contributed by atoms with E-state index in [0.717, 1.165) is 4.90 Å². The van der Waals surface area contributed by atoms with Crippen LogP contribution in [-0.2, 0) is 19.2 Å². The summed E-state index contributed by atoms with van der Waals surface area (Å²) in [5, 5.41) is 4.31. The van der Waals surface area contributed by atoms with Crippen LogP contribution in [0.5, 0.6) is 0 Å². The smallest absolute Gasteiger partial charge is 0.313 e. The first-order valence-electron chi connectivity index (χ1n) is 5.38. The summed E-state index contributed by atoms with van der Waals surface area (Å²) in [4.78, 5) is 47.3. The zero-order valence-electron chi connectivity index (χ0n) is 10.5. The first-order chi connectivity index (χ1) is 8.66. The third-order valence-corrected chi connectivity index (χ3v) is 2.79. The van der Waals surface area contributed by atoms with E-state index in [0.29, 0.717) is 0 Å². The molecule has 0 unspecified atom stereocenters. The van der Waals surface area contributed by atoms with Crippen molar-refractivity contribution in [2.45, 2.75) is 19.4 Å². The molecule has 0 radical (unpaired) electrons. The van der Waals surface area contributed by atoms with Crippen molar-refractivity contribution in [3.05, 3.63) is 0 Å².